The highest BCUT2D eigenvalue weighted by molar-refractivity contribution is 7.89. The molecule has 0 bridgehead atoms. The van der Waals surface area contributed by atoms with Gasteiger partial charge in [0.05, 0.1) is 10.6 Å². The molecule has 2 aromatic rings. The topological polar surface area (TPSA) is 78.5 Å². The molecule has 0 unspecified atom stereocenters. The van der Waals surface area contributed by atoms with Gasteiger partial charge in [0.25, 0.3) is 5.91 Å². The van der Waals surface area contributed by atoms with E-state index >= 15 is 0 Å². The van der Waals surface area contributed by atoms with Crippen molar-refractivity contribution in [1.29, 1.82) is 0 Å². The Balaban J connectivity index is 1.70. The van der Waals surface area contributed by atoms with Crippen molar-refractivity contribution in [3.8, 4) is 0 Å². The van der Waals surface area contributed by atoms with Crippen LogP contribution in [-0.4, -0.2) is 33.5 Å². The highest BCUT2D eigenvalue weighted by Crippen LogP contribution is 2.26. The van der Waals surface area contributed by atoms with E-state index in [0.717, 1.165) is 25.9 Å². The average molecular weight is 405 g/mol. The van der Waals surface area contributed by atoms with Crippen LogP contribution in [0.15, 0.2) is 47.4 Å². The predicted octanol–water partition coefficient (Wildman–Crippen LogP) is 3.36. The minimum Gasteiger partial charge on any atom is -0.369 e. The first kappa shape index (κ1) is 20.3. The van der Waals surface area contributed by atoms with Gasteiger partial charge in [-0.15, -0.1) is 0 Å². The Morgan fingerprint density at radius 3 is 2.29 bits per heavy atom. The summed E-state index contributed by atoms with van der Waals surface area (Å²) in [6, 6.07) is 10.0. The molecule has 1 amide bonds. The Kier molecular flexibility index (Phi) is 6.00. The van der Waals surface area contributed by atoms with E-state index in [1.807, 2.05) is 4.90 Å². The van der Waals surface area contributed by atoms with Gasteiger partial charge in [0.15, 0.2) is 0 Å². The molecule has 28 heavy (non-hydrogen) atoms. The lowest BCUT2D eigenvalue weighted by molar-refractivity contribution is 0.102. The highest BCUT2D eigenvalue weighted by atomic mass is 32.2. The van der Waals surface area contributed by atoms with Gasteiger partial charge >= 0.3 is 0 Å². The fraction of sp³-hybridized carbons (Fsp3) is 0.350. The Bertz CT molecular complexity index is 953. The molecular weight excluding hydrogens is 381 g/mol. The lowest BCUT2D eigenvalue weighted by atomic mass is 10.2. The molecule has 0 aromatic heterocycles. The van der Waals surface area contributed by atoms with Gasteiger partial charge in [-0.1, -0.05) is 0 Å². The number of halogens is 1. The number of hydrogen-bond donors (Lipinski definition) is 2. The summed E-state index contributed by atoms with van der Waals surface area (Å²) < 4.78 is 41.1. The molecule has 0 atom stereocenters. The maximum atomic E-state index is 14.4. The summed E-state index contributed by atoms with van der Waals surface area (Å²) in [4.78, 5) is 14.5. The number of nitrogens with one attached hydrogen (secondary N) is 2. The van der Waals surface area contributed by atoms with Crippen LogP contribution in [0.1, 0.15) is 37.0 Å². The van der Waals surface area contributed by atoms with Gasteiger partial charge in [-0.05, 0) is 69.2 Å². The smallest absolute Gasteiger partial charge is 0.255 e. The van der Waals surface area contributed by atoms with E-state index < -0.39 is 15.9 Å². The second kappa shape index (κ2) is 8.28. The lowest BCUT2D eigenvalue weighted by Crippen LogP contribution is -2.30. The van der Waals surface area contributed by atoms with E-state index in [-0.39, 0.29) is 22.3 Å². The second-order valence-corrected chi connectivity index (χ2v) is 8.83. The first-order chi connectivity index (χ1) is 13.3. The van der Waals surface area contributed by atoms with Crippen LogP contribution >= 0.6 is 0 Å². The van der Waals surface area contributed by atoms with Gasteiger partial charge in [-0.25, -0.2) is 17.5 Å². The van der Waals surface area contributed by atoms with E-state index in [1.54, 1.807) is 26.0 Å². The van der Waals surface area contributed by atoms with Gasteiger partial charge in [0, 0.05) is 30.4 Å². The summed E-state index contributed by atoms with van der Waals surface area (Å²) in [6.07, 6.45) is 2.10. The molecule has 1 fully saturated rings. The van der Waals surface area contributed by atoms with Crippen LogP contribution in [0.2, 0.25) is 0 Å². The maximum absolute atomic E-state index is 14.4. The standard InChI is InChI=1S/C20H24FN3O3S/c1-14(2)23-28(26,27)17-8-5-15(6-9-17)20(25)22-16-7-10-19(18(21)13-16)24-11-3-4-12-24/h5-10,13-14,23H,3-4,11-12H2,1-2H3,(H,22,25). The number of amides is 1. The number of sulfonamides is 1. The molecule has 2 aromatic carbocycles. The summed E-state index contributed by atoms with van der Waals surface area (Å²) in [5, 5.41) is 2.64. The molecule has 150 valence electrons. The van der Waals surface area contributed by atoms with Gasteiger partial charge < -0.3 is 10.2 Å². The number of benzene rings is 2. The molecule has 3 rings (SSSR count). The van der Waals surface area contributed by atoms with Crippen LogP contribution in [-0.2, 0) is 10.0 Å². The summed E-state index contributed by atoms with van der Waals surface area (Å²) >= 11 is 0. The third-order valence-corrected chi connectivity index (χ3v) is 6.14. The third-order valence-electron chi connectivity index (χ3n) is 4.47. The van der Waals surface area contributed by atoms with Crippen molar-refractivity contribution in [2.24, 2.45) is 0 Å². The fourth-order valence-electron chi connectivity index (χ4n) is 3.17. The van der Waals surface area contributed by atoms with Crippen LogP contribution in [0.25, 0.3) is 0 Å². The molecule has 0 spiro atoms. The molecule has 1 aliphatic heterocycles. The van der Waals surface area contributed by atoms with Crippen LogP contribution in [0.5, 0.6) is 0 Å². The predicted molar refractivity (Wildman–Crippen MR) is 108 cm³/mol. The molecule has 8 heteroatoms. The Morgan fingerprint density at radius 2 is 1.71 bits per heavy atom. The van der Waals surface area contributed by atoms with E-state index in [1.165, 1.54) is 30.3 Å². The van der Waals surface area contributed by atoms with Crippen molar-refractivity contribution < 1.29 is 17.6 Å². The van der Waals surface area contributed by atoms with Crippen LogP contribution in [0, 0.1) is 5.82 Å². The van der Waals surface area contributed by atoms with Crippen molar-refractivity contribution in [2.75, 3.05) is 23.3 Å². The zero-order valence-electron chi connectivity index (χ0n) is 15.9. The average Bonchev–Trinajstić information content (AvgIpc) is 3.15. The molecule has 0 aliphatic carbocycles. The number of nitrogens with zero attached hydrogens (tertiary/aromatic N) is 1. The Hall–Kier alpha value is -2.45. The number of carbonyl (C=O) groups excluding carboxylic acids is 1. The molecule has 1 aliphatic rings. The quantitative estimate of drug-likeness (QED) is 0.772. The van der Waals surface area contributed by atoms with Crippen molar-refractivity contribution in [1.82, 2.24) is 4.72 Å². The maximum Gasteiger partial charge on any atom is 0.255 e. The van der Waals surface area contributed by atoms with Crippen LogP contribution in [0.3, 0.4) is 0 Å². The zero-order chi connectivity index (χ0) is 20.3. The number of rotatable bonds is 6. The van der Waals surface area contributed by atoms with E-state index in [9.17, 15) is 17.6 Å². The van der Waals surface area contributed by atoms with Gasteiger partial charge in [0.2, 0.25) is 10.0 Å². The van der Waals surface area contributed by atoms with Gasteiger partial charge in [-0.3, -0.25) is 4.79 Å². The molecule has 0 radical (unpaired) electrons. The summed E-state index contributed by atoms with van der Waals surface area (Å²) in [7, 11) is -3.62. The van der Waals surface area contributed by atoms with Gasteiger partial charge in [-0.2, -0.15) is 0 Å². The third kappa shape index (κ3) is 4.69. The van der Waals surface area contributed by atoms with Crippen molar-refractivity contribution >= 4 is 27.3 Å². The zero-order valence-corrected chi connectivity index (χ0v) is 16.7. The van der Waals surface area contributed by atoms with E-state index in [0.29, 0.717) is 11.4 Å². The first-order valence-corrected chi connectivity index (χ1v) is 10.7. The molecule has 0 saturated carbocycles. The molecule has 6 nitrogen and oxygen atoms in total. The molecular formula is C20H24FN3O3S. The van der Waals surface area contributed by atoms with Crippen LogP contribution < -0.4 is 14.9 Å². The summed E-state index contributed by atoms with van der Waals surface area (Å²) in [5.74, 6) is -0.810. The Labute approximate surface area is 164 Å². The second-order valence-electron chi connectivity index (χ2n) is 7.11. The SMILES string of the molecule is CC(C)NS(=O)(=O)c1ccc(C(=O)Nc2ccc(N3CCCC3)c(F)c2)cc1. The van der Waals surface area contributed by atoms with Crippen molar-refractivity contribution in [2.45, 2.75) is 37.6 Å². The summed E-state index contributed by atoms with van der Waals surface area (Å²) in [5.41, 5.74) is 1.18. The molecule has 2 N–H and O–H groups in total. The van der Waals surface area contributed by atoms with Crippen LogP contribution in [0.4, 0.5) is 15.8 Å². The number of carbonyl (C=O) groups is 1. The number of anilines is 2. The largest absolute Gasteiger partial charge is 0.369 e. The highest BCUT2D eigenvalue weighted by Gasteiger charge is 2.18. The molecule has 1 saturated heterocycles. The fourth-order valence-corrected chi connectivity index (χ4v) is 4.42. The normalized spacial score (nSPS) is 14.5. The molecule has 1 heterocycles. The van der Waals surface area contributed by atoms with E-state index in [2.05, 4.69) is 10.0 Å². The first-order valence-electron chi connectivity index (χ1n) is 9.24. The monoisotopic (exact) mass is 405 g/mol. The van der Waals surface area contributed by atoms with E-state index in [4.69, 9.17) is 0 Å². The van der Waals surface area contributed by atoms with Crippen molar-refractivity contribution in [3.05, 3.63) is 53.8 Å². The van der Waals surface area contributed by atoms with Gasteiger partial charge in [0.1, 0.15) is 5.82 Å². The minimum absolute atomic E-state index is 0.0822. The Morgan fingerprint density at radius 1 is 1.07 bits per heavy atom. The lowest BCUT2D eigenvalue weighted by Gasteiger charge is -2.18. The minimum atomic E-state index is -3.62. The van der Waals surface area contributed by atoms with Crippen molar-refractivity contribution in [3.63, 3.8) is 0 Å². The summed E-state index contributed by atoms with van der Waals surface area (Å²) in [6.45, 7) is 5.13. The number of hydrogen-bond acceptors (Lipinski definition) is 4.